The van der Waals surface area contributed by atoms with Gasteiger partial charge in [0.05, 0.1) is 25.6 Å². The number of aromatic nitrogens is 7. The number of imidazole rings is 2. The summed E-state index contributed by atoms with van der Waals surface area (Å²) in [6, 6.07) is 0. The molecule has 4 aromatic heterocycles. The molecule has 0 aliphatic carbocycles. The lowest BCUT2D eigenvalue weighted by Gasteiger charge is -2.25. The zero-order valence-corrected chi connectivity index (χ0v) is 25.6. The number of fused-ring (bicyclic) bond motifs is 5. The first-order valence-corrected chi connectivity index (χ1v) is 18.2. The van der Waals surface area contributed by atoms with Crippen LogP contribution in [-0.4, -0.2) is 76.9 Å². The van der Waals surface area contributed by atoms with Gasteiger partial charge >= 0.3 is 13.6 Å². The highest BCUT2D eigenvalue weighted by molar-refractivity contribution is 8.44. The number of nitrogen functional groups attached to an aromatic ring is 1. The summed E-state index contributed by atoms with van der Waals surface area (Å²) in [6.45, 7) is -9.50. The van der Waals surface area contributed by atoms with Crippen LogP contribution in [-0.2, 0) is 41.5 Å². The number of H-pyrrole nitrogens is 1. The third kappa shape index (κ3) is 5.36. The molecule has 19 nitrogen and oxygen atoms in total. The highest BCUT2D eigenvalue weighted by atomic mass is 32.7. The molecule has 7 rings (SSSR count). The predicted octanol–water partition coefficient (Wildman–Crippen LogP) is 0.858. The molecule has 2 bridgehead atoms. The maximum atomic E-state index is 13.5. The Morgan fingerprint density at radius 3 is 2.52 bits per heavy atom. The Morgan fingerprint density at radius 1 is 0.932 bits per heavy atom. The van der Waals surface area contributed by atoms with E-state index >= 15 is 0 Å². The van der Waals surface area contributed by atoms with Crippen molar-refractivity contribution in [3.05, 3.63) is 51.8 Å². The summed E-state index contributed by atoms with van der Waals surface area (Å²) in [4.78, 5) is 53.3. The fourth-order valence-electron chi connectivity index (χ4n) is 5.20. The first-order valence-electron chi connectivity index (χ1n) is 12.8. The van der Waals surface area contributed by atoms with Crippen molar-refractivity contribution in [3.8, 4) is 0 Å². The molecule has 23 heteroatoms. The summed E-state index contributed by atoms with van der Waals surface area (Å²) in [5.41, 5.74) is 4.51. The van der Waals surface area contributed by atoms with Gasteiger partial charge in [0.2, 0.25) is 17.4 Å². The second kappa shape index (κ2) is 10.9. The molecule has 3 fully saturated rings. The fraction of sp³-hybridized carbons (Fsp3) is 0.429. The van der Waals surface area contributed by atoms with Gasteiger partial charge in [0.15, 0.2) is 29.7 Å². The minimum atomic E-state index is -4.28. The molecule has 3 saturated heterocycles. The van der Waals surface area contributed by atoms with Crippen molar-refractivity contribution in [2.75, 3.05) is 18.9 Å². The number of carbonyl (C=O) groups excluding carboxylic acids is 1. The minimum absolute atomic E-state index is 0.0221. The Labute approximate surface area is 255 Å². The van der Waals surface area contributed by atoms with E-state index in [0.717, 1.165) is 4.57 Å². The molecular weight excluding hydrogens is 666 g/mol. The summed E-state index contributed by atoms with van der Waals surface area (Å²) >= 11 is 8.13. The van der Waals surface area contributed by atoms with Crippen molar-refractivity contribution >= 4 is 66.6 Å². The molecule has 234 valence electrons. The number of carbonyl (C=O) groups is 1. The molecule has 3 aliphatic rings. The Morgan fingerprint density at radius 2 is 1.70 bits per heavy atom. The van der Waals surface area contributed by atoms with E-state index in [2.05, 4.69) is 44.4 Å². The number of thiol groups is 2. The van der Waals surface area contributed by atoms with E-state index in [1.165, 1.54) is 33.9 Å². The molecule has 0 radical (unpaired) electrons. The maximum Gasteiger partial charge on any atom is 0.386 e. The van der Waals surface area contributed by atoms with Crippen molar-refractivity contribution in [1.82, 2.24) is 33.5 Å². The predicted molar refractivity (Wildman–Crippen MR) is 154 cm³/mol. The van der Waals surface area contributed by atoms with Gasteiger partial charge in [-0.1, -0.05) is 24.5 Å². The van der Waals surface area contributed by atoms with Crippen molar-refractivity contribution in [2.24, 2.45) is 0 Å². The molecule has 4 aromatic rings. The standard InChI is InChI=1S/C21H22N8O11P2S2/c22-21-25-15-12(17(31)26-21)24-8-29(15)19-10-5-9(37-19)6-35-42(34,44)40-14-11(7-36-41(33,43)39-10)38-20(13(14)30)28-4-3-27-2-1-23-16(27)18(28)32/h1-4,8-11,14,19-20H,5-7H2,(H,33,43)(H,34,44)(H3,22,25,26,31)/t9-,10?,11+,14+,19+,20+,41?,42?/m0/s1. The molecule has 0 aromatic carbocycles. The lowest BCUT2D eigenvalue weighted by atomic mass is 10.1. The number of nitrogens with one attached hydrogen (secondary N) is 1. The topological polar surface area (TPSA) is 235 Å². The van der Waals surface area contributed by atoms with Gasteiger partial charge in [0, 0.05) is 31.2 Å². The van der Waals surface area contributed by atoms with Gasteiger partial charge in [-0.2, -0.15) is 4.98 Å². The van der Waals surface area contributed by atoms with E-state index in [-0.39, 0.29) is 35.8 Å². The third-order valence-corrected chi connectivity index (χ3v) is 10.4. The van der Waals surface area contributed by atoms with E-state index < -0.39 is 74.0 Å². The number of aromatic amines is 1. The molecule has 3 N–H and O–H groups in total. The number of ether oxygens (including phenoxy) is 2. The number of rotatable bonds is 2. The highest BCUT2D eigenvalue weighted by Crippen LogP contribution is 2.59. The number of Topliss-reactive ketones (excluding diaryl/α,β-unsaturated/α-hetero) is 1. The van der Waals surface area contributed by atoms with Crippen LogP contribution in [0, 0.1) is 0 Å². The maximum absolute atomic E-state index is 13.5. The van der Waals surface area contributed by atoms with Crippen molar-refractivity contribution in [1.29, 1.82) is 0 Å². The van der Waals surface area contributed by atoms with Gasteiger partial charge < -0.3 is 19.6 Å². The largest absolute Gasteiger partial charge is 0.386 e. The van der Waals surface area contributed by atoms with Crippen molar-refractivity contribution in [3.63, 3.8) is 0 Å². The molecule has 44 heavy (non-hydrogen) atoms. The van der Waals surface area contributed by atoms with E-state index in [1.807, 2.05) is 0 Å². The molecule has 0 saturated carbocycles. The molecule has 7 heterocycles. The van der Waals surface area contributed by atoms with Gasteiger partial charge in [-0.25, -0.2) is 19.1 Å². The Hall–Kier alpha value is -2.84. The fourth-order valence-corrected chi connectivity index (χ4v) is 8.14. The van der Waals surface area contributed by atoms with E-state index in [4.69, 9.17) is 33.3 Å². The Kier molecular flexibility index (Phi) is 7.40. The van der Waals surface area contributed by atoms with Crippen LogP contribution in [0.1, 0.15) is 18.9 Å². The molecule has 3 aliphatic heterocycles. The minimum Gasteiger partial charge on any atom is -0.369 e. The molecule has 0 spiro atoms. The van der Waals surface area contributed by atoms with Gasteiger partial charge in [0.1, 0.15) is 12.2 Å². The molecular formula is C21H22N8O11P2S2. The van der Waals surface area contributed by atoms with Crippen LogP contribution in [0.2, 0.25) is 0 Å². The first kappa shape index (κ1) is 29.8. The van der Waals surface area contributed by atoms with E-state index in [1.54, 1.807) is 6.20 Å². The monoisotopic (exact) mass is 688 g/mol. The van der Waals surface area contributed by atoms with Crippen LogP contribution in [0.5, 0.6) is 0 Å². The van der Waals surface area contributed by atoms with Crippen LogP contribution in [0.25, 0.3) is 16.8 Å². The number of hydrogen-bond acceptors (Lipinski definition) is 15. The number of ketones is 1. The van der Waals surface area contributed by atoms with Crippen molar-refractivity contribution in [2.45, 2.75) is 43.3 Å². The summed E-state index contributed by atoms with van der Waals surface area (Å²) in [5, 5.41) is 0. The van der Waals surface area contributed by atoms with Gasteiger partial charge in [0.25, 0.3) is 11.1 Å². The van der Waals surface area contributed by atoms with Gasteiger partial charge in [-0.05, 0) is 0 Å². The summed E-state index contributed by atoms with van der Waals surface area (Å²) in [5.74, 6) is -0.977. The third-order valence-electron chi connectivity index (χ3n) is 7.11. The zero-order valence-electron chi connectivity index (χ0n) is 22.0. The van der Waals surface area contributed by atoms with Crippen LogP contribution < -0.4 is 16.9 Å². The van der Waals surface area contributed by atoms with Crippen molar-refractivity contribution < 1.29 is 41.5 Å². The molecule has 0 amide bonds. The first-order chi connectivity index (χ1) is 20.9. The summed E-state index contributed by atoms with van der Waals surface area (Å²) in [7, 11) is 0. The Balaban J connectivity index is 1.19. The zero-order chi connectivity index (χ0) is 31.0. The summed E-state index contributed by atoms with van der Waals surface area (Å²) < 4.78 is 64.7. The van der Waals surface area contributed by atoms with Crippen LogP contribution in [0.3, 0.4) is 0 Å². The lowest BCUT2D eigenvalue weighted by Crippen LogP contribution is -2.34. The smallest absolute Gasteiger partial charge is 0.369 e. The quantitative estimate of drug-likeness (QED) is 0.169. The van der Waals surface area contributed by atoms with E-state index in [9.17, 15) is 23.5 Å². The second-order valence-electron chi connectivity index (χ2n) is 9.96. The van der Waals surface area contributed by atoms with Gasteiger partial charge in [-0.3, -0.25) is 46.6 Å². The number of nitrogens with zero attached hydrogens (tertiary/aromatic N) is 6. The van der Waals surface area contributed by atoms with Crippen LogP contribution in [0.4, 0.5) is 5.95 Å². The molecule has 8 atom stereocenters. The van der Waals surface area contributed by atoms with E-state index in [0.29, 0.717) is 0 Å². The highest BCUT2D eigenvalue weighted by Gasteiger charge is 2.51. The number of anilines is 1. The number of hydrogen-bond donors (Lipinski definition) is 4. The average molecular weight is 689 g/mol. The van der Waals surface area contributed by atoms with Gasteiger partial charge in [-0.15, -0.1) is 0 Å². The normalized spacial score (nSPS) is 34.9. The average Bonchev–Trinajstić information content (AvgIpc) is 3.73. The second-order valence-corrected chi connectivity index (χ2v) is 15.7. The molecule has 3 unspecified atom stereocenters. The Bertz CT molecular complexity index is 2010. The summed E-state index contributed by atoms with van der Waals surface area (Å²) in [6.07, 6.45) is -0.416. The lowest BCUT2D eigenvalue weighted by molar-refractivity contribution is -0.130. The SMILES string of the molecule is Nc1nc2c(ncn2[C@@H]2O[C@@H]3COP(=O)(S)O[C@H]4C(=O)[C@H](n5ccn6ccnc6c5=O)O[C@@H]4COP(=O)(S)OC2C3)c(=O)[nH]1. The number of nitrogens with two attached hydrogens (primary N) is 1. The van der Waals surface area contributed by atoms with Crippen LogP contribution >= 0.6 is 38.1 Å². The van der Waals surface area contributed by atoms with Crippen LogP contribution in [0.15, 0.2) is 40.7 Å².